The monoisotopic (exact) mass is 187 g/mol. The van der Waals surface area contributed by atoms with Crippen LogP contribution in [0.2, 0.25) is 0 Å². The van der Waals surface area contributed by atoms with Gasteiger partial charge in [-0.25, -0.2) is 0 Å². The molecule has 2 nitrogen and oxygen atoms in total. The Kier molecular flexibility index (Phi) is 5.57. The van der Waals surface area contributed by atoms with E-state index in [0.29, 0.717) is 11.5 Å². The molecule has 80 valence electrons. The molecule has 0 fully saturated rings. The van der Waals surface area contributed by atoms with Crippen molar-refractivity contribution in [2.75, 3.05) is 6.54 Å². The van der Waals surface area contributed by atoms with E-state index >= 15 is 0 Å². The third kappa shape index (κ3) is 9.84. The van der Waals surface area contributed by atoms with E-state index in [0.717, 1.165) is 13.0 Å². The van der Waals surface area contributed by atoms with E-state index in [1.54, 1.807) is 0 Å². The molecular formula is C11H25NO. The lowest BCUT2D eigenvalue weighted by atomic mass is 9.92. The van der Waals surface area contributed by atoms with Crippen LogP contribution in [-0.2, 0) is 0 Å². The first-order chi connectivity index (χ1) is 5.81. The average molecular weight is 187 g/mol. The topological polar surface area (TPSA) is 32.3 Å². The van der Waals surface area contributed by atoms with Crippen LogP contribution in [0, 0.1) is 5.41 Å². The molecule has 0 amide bonds. The van der Waals surface area contributed by atoms with E-state index in [4.69, 9.17) is 5.11 Å². The minimum Gasteiger partial charge on any atom is -0.393 e. The standard InChI is InChI=1S/C11H25NO/c1-9(8-10(2)13)12-7-6-11(3,4)5/h9-10,12-13H,6-8H2,1-5H3. The maximum Gasteiger partial charge on any atom is 0.0526 e. The Balaban J connectivity index is 3.42. The number of nitrogens with one attached hydrogen (secondary N) is 1. The minimum absolute atomic E-state index is 0.197. The second-order valence-electron chi connectivity index (χ2n) is 5.25. The summed E-state index contributed by atoms with van der Waals surface area (Å²) in [6.45, 7) is 11.7. The smallest absolute Gasteiger partial charge is 0.0526 e. The van der Waals surface area contributed by atoms with Gasteiger partial charge in [-0.05, 0) is 38.6 Å². The minimum atomic E-state index is -0.197. The van der Waals surface area contributed by atoms with Crippen LogP contribution >= 0.6 is 0 Å². The highest BCUT2D eigenvalue weighted by atomic mass is 16.3. The highest BCUT2D eigenvalue weighted by Gasteiger charge is 2.10. The summed E-state index contributed by atoms with van der Waals surface area (Å²) in [6.07, 6.45) is 1.82. The second-order valence-corrected chi connectivity index (χ2v) is 5.25. The zero-order valence-electron chi connectivity index (χ0n) is 9.72. The Bertz CT molecular complexity index is 127. The molecule has 0 aromatic carbocycles. The summed E-state index contributed by atoms with van der Waals surface area (Å²) in [4.78, 5) is 0. The fraction of sp³-hybridized carbons (Fsp3) is 1.00. The van der Waals surface area contributed by atoms with Crippen molar-refractivity contribution >= 4 is 0 Å². The van der Waals surface area contributed by atoms with Gasteiger partial charge in [0.15, 0.2) is 0 Å². The molecule has 13 heavy (non-hydrogen) atoms. The summed E-state index contributed by atoms with van der Waals surface area (Å²) in [7, 11) is 0. The third-order valence-corrected chi connectivity index (χ3v) is 2.06. The quantitative estimate of drug-likeness (QED) is 0.691. The van der Waals surface area contributed by atoms with Crippen LogP contribution in [0.4, 0.5) is 0 Å². The summed E-state index contributed by atoms with van der Waals surface area (Å²) in [5.41, 5.74) is 0.400. The zero-order valence-corrected chi connectivity index (χ0v) is 9.72. The van der Waals surface area contributed by atoms with Crippen molar-refractivity contribution in [1.29, 1.82) is 0 Å². The van der Waals surface area contributed by atoms with Crippen molar-refractivity contribution in [3.63, 3.8) is 0 Å². The van der Waals surface area contributed by atoms with E-state index in [1.165, 1.54) is 6.42 Å². The SMILES string of the molecule is CC(O)CC(C)NCCC(C)(C)C. The first-order valence-electron chi connectivity index (χ1n) is 5.23. The predicted octanol–water partition coefficient (Wildman–Crippen LogP) is 2.17. The Morgan fingerprint density at radius 1 is 1.23 bits per heavy atom. The van der Waals surface area contributed by atoms with Crippen molar-refractivity contribution in [1.82, 2.24) is 5.32 Å². The van der Waals surface area contributed by atoms with Gasteiger partial charge in [0.25, 0.3) is 0 Å². The summed E-state index contributed by atoms with van der Waals surface area (Å²) >= 11 is 0. The van der Waals surface area contributed by atoms with E-state index < -0.39 is 0 Å². The van der Waals surface area contributed by atoms with Gasteiger partial charge in [-0.1, -0.05) is 20.8 Å². The molecule has 2 atom stereocenters. The number of hydrogen-bond acceptors (Lipinski definition) is 2. The summed E-state index contributed by atoms with van der Waals surface area (Å²) in [5.74, 6) is 0. The van der Waals surface area contributed by atoms with Gasteiger partial charge in [-0.3, -0.25) is 0 Å². The molecule has 0 spiro atoms. The summed E-state index contributed by atoms with van der Waals surface area (Å²) < 4.78 is 0. The van der Waals surface area contributed by atoms with Crippen molar-refractivity contribution in [3.05, 3.63) is 0 Å². The van der Waals surface area contributed by atoms with E-state index in [-0.39, 0.29) is 6.10 Å². The van der Waals surface area contributed by atoms with Gasteiger partial charge in [0, 0.05) is 6.04 Å². The molecule has 0 aliphatic rings. The normalized spacial score (nSPS) is 17.1. The molecule has 0 radical (unpaired) electrons. The van der Waals surface area contributed by atoms with Gasteiger partial charge < -0.3 is 10.4 Å². The Morgan fingerprint density at radius 3 is 2.15 bits per heavy atom. The van der Waals surface area contributed by atoms with Gasteiger partial charge in [0.05, 0.1) is 6.10 Å². The predicted molar refractivity (Wildman–Crippen MR) is 57.8 cm³/mol. The molecule has 0 saturated heterocycles. The molecule has 0 heterocycles. The lowest BCUT2D eigenvalue weighted by molar-refractivity contribution is 0.170. The van der Waals surface area contributed by atoms with Crippen LogP contribution in [0.15, 0.2) is 0 Å². The number of aliphatic hydroxyl groups is 1. The van der Waals surface area contributed by atoms with Gasteiger partial charge >= 0.3 is 0 Å². The fourth-order valence-corrected chi connectivity index (χ4v) is 1.29. The molecule has 0 rings (SSSR count). The lowest BCUT2D eigenvalue weighted by Crippen LogP contribution is -2.31. The Morgan fingerprint density at radius 2 is 1.77 bits per heavy atom. The van der Waals surface area contributed by atoms with E-state index in [1.807, 2.05) is 6.92 Å². The van der Waals surface area contributed by atoms with Crippen molar-refractivity contribution in [3.8, 4) is 0 Å². The van der Waals surface area contributed by atoms with E-state index in [9.17, 15) is 0 Å². The molecule has 2 heteroatoms. The Labute approximate surface area is 82.7 Å². The first kappa shape index (κ1) is 12.9. The maximum absolute atomic E-state index is 9.14. The van der Waals surface area contributed by atoms with Crippen LogP contribution in [0.25, 0.3) is 0 Å². The average Bonchev–Trinajstić information content (AvgIpc) is 1.81. The first-order valence-corrected chi connectivity index (χ1v) is 5.23. The number of rotatable bonds is 5. The van der Waals surface area contributed by atoms with Crippen LogP contribution in [0.3, 0.4) is 0 Å². The van der Waals surface area contributed by atoms with Crippen molar-refractivity contribution in [2.24, 2.45) is 5.41 Å². The molecule has 0 bridgehead atoms. The van der Waals surface area contributed by atoms with Crippen molar-refractivity contribution in [2.45, 2.75) is 59.6 Å². The number of aliphatic hydroxyl groups excluding tert-OH is 1. The van der Waals surface area contributed by atoms with Gasteiger partial charge in [0.2, 0.25) is 0 Å². The molecule has 0 aromatic rings. The Hall–Kier alpha value is -0.0800. The lowest BCUT2D eigenvalue weighted by Gasteiger charge is -2.21. The van der Waals surface area contributed by atoms with Gasteiger partial charge in [-0.2, -0.15) is 0 Å². The number of hydrogen-bond donors (Lipinski definition) is 2. The molecular weight excluding hydrogens is 162 g/mol. The molecule has 0 aliphatic carbocycles. The highest BCUT2D eigenvalue weighted by Crippen LogP contribution is 2.17. The summed E-state index contributed by atoms with van der Waals surface area (Å²) in [5, 5.41) is 12.6. The molecule has 0 saturated carbocycles. The second kappa shape index (κ2) is 5.61. The van der Waals surface area contributed by atoms with Crippen LogP contribution < -0.4 is 5.32 Å². The fourth-order valence-electron chi connectivity index (χ4n) is 1.29. The maximum atomic E-state index is 9.14. The molecule has 0 aromatic heterocycles. The highest BCUT2D eigenvalue weighted by molar-refractivity contribution is 4.67. The summed E-state index contributed by atoms with van der Waals surface area (Å²) in [6, 6.07) is 0.419. The molecule has 2 unspecified atom stereocenters. The van der Waals surface area contributed by atoms with Gasteiger partial charge in [0.1, 0.15) is 0 Å². The van der Waals surface area contributed by atoms with Gasteiger partial charge in [-0.15, -0.1) is 0 Å². The van der Waals surface area contributed by atoms with E-state index in [2.05, 4.69) is 33.0 Å². The van der Waals surface area contributed by atoms with Crippen LogP contribution in [0.5, 0.6) is 0 Å². The molecule has 2 N–H and O–H groups in total. The van der Waals surface area contributed by atoms with Crippen molar-refractivity contribution < 1.29 is 5.11 Å². The zero-order chi connectivity index (χ0) is 10.5. The largest absolute Gasteiger partial charge is 0.393 e. The van der Waals surface area contributed by atoms with Crippen LogP contribution in [0.1, 0.15) is 47.5 Å². The van der Waals surface area contributed by atoms with Crippen LogP contribution in [-0.4, -0.2) is 23.8 Å². The third-order valence-electron chi connectivity index (χ3n) is 2.06. The molecule has 0 aliphatic heterocycles.